The van der Waals surface area contributed by atoms with Crippen molar-refractivity contribution in [3.8, 4) is 0 Å². The van der Waals surface area contributed by atoms with Crippen LogP contribution in [0.5, 0.6) is 0 Å². The molecular weight excluding hydrogens is 421 g/mol. The second-order valence-electron chi connectivity index (χ2n) is 7.32. The molecule has 0 aliphatic carbocycles. The molecule has 1 fully saturated rings. The first-order valence-corrected chi connectivity index (χ1v) is 10.0. The number of hydrogen-bond donors (Lipinski definition) is 2. The molecule has 32 heavy (non-hydrogen) atoms. The second kappa shape index (κ2) is 9.25. The van der Waals surface area contributed by atoms with E-state index in [9.17, 15) is 22.8 Å². The lowest BCUT2D eigenvalue weighted by atomic mass is 9.95. The van der Waals surface area contributed by atoms with E-state index in [1.54, 1.807) is 26.0 Å². The van der Waals surface area contributed by atoms with Crippen molar-refractivity contribution in [2.75, 3.05) is 6.54 Å². The fraction of sp³-hybridized carbons (Fsp3) is 0.261. The SMILES string of the molecule is CCN1C(=O)C(NC(=O)c2cccc(C(F)(F)F)c2)C/C(=C(\C)N)C1=Nc1ccccc1. The molecular formula is C23H23F3N4O2. The van der Waals surface area contributed by atoms with E-state index in [4.69, 9.17) is 5.73 Å². The van der Waals surface area contributed by atoms with Gasteiger partial charge in [0.25, 0.3) is 11.8 Å². The molecule has 0 saturated carbocycles. The molecule has 0 radical (unpaired) electrons. The minimum atomic E-state index is -4.58. The second-order valence-corrected chi connectivity index (χ2v) is 7.32. The maximum Gasteiger partial charge on any atom is 0.416 e. The smallest absolute Gasteiger partial charge is 0.402 e. The van der Waals surface area contributed by atoms with Crippen molar-refractivity contribution in [2.45, 2.75) is 32.5 Å². The van der Waals surface area contributed by atoms with Gasteiger partial charge >= 0.3 is 6.18 Å². The van der Waals surface area contributed by atoms with Gasteiger partial charge in [-0.3, -0.25) is 14.5 Å². The summed E-state index contributed by atoms with van der Waals surface area (Å²) < 4.78 is 39.0. The normalized spacial score (nSPS) is 19.8. The number of nitrogens with zero attached hydrogens (tertiary/aromatic N) is 2. The largest absolute Gasteiger partial charge is 0.416 e. The Balaban J connectivity index is 1.90. The number of rotatable bonds is 4. The van der Waals surface area contributed by atoms with Gasteiger partial charge in [-0.2, -0.15) is 13.2 Å². The van der Waals surface area contributed by atoms with Crippen LogP contribution >= 0.6 is 0 Å². The Morgan fingerprint density at radius 2 is 1.88 bits per heavy atom. The highest BCUT2D eigenvalue weighted by Gasteiger charge is 2.37. The molecule has 1 atom stereocenters. The number of hydrogen-bond acceptors (Lipinski definition) is 4. The monoisotopic (exact) mass is 444 g/mol. The third-order valence-corrected chi connectivity index (χ3v) is 5.04. The van der Waals surface area contributed by atoms with Gasteiger partial charge in [0.05, 0.1) is 11.3 Å². The minimum absolute atomic E-state index is 0.0774. The molecule has 6 nitrogen and oxygen atoms in total. The van der Waals surface area contributed by atoms with Crippen LogP contribution in [-0.4, -0.2) is 35.1 Å². The molecule has 1 unspecified atom stereocenters. The van der Waals surface area contributed by atoms with Crippen LogP contribution in [0.4, 0.5) is 18.9 Å². The predicted molar refractivity (Wildman–Crippen MR) is 115 cm³/mol. The number of nitrogens with one attached hydrogen (secondary N) is 1. The van der Waals surface area contributed by atoms with Crippen LogP contribution in [-0.2, 0) is 11.0 Å². The number of carbonyl (C=O) groups is 2. The van der Waals surface area contributed by atoms with Crippen molar-refractivity contribution in [1.29, 1.82) is 0 Å². The first kappa shape index (κ1) is 23.1. The highest BCUT2D eigenvalue weighted by Crippen LogP contribution is 2.30. The van der Waals surface area contributed by atoms with Crippen LogP contribution in [0.1, 0.15) is 36.2 Å². The Bertz CT molecular complexity index is 1070. The highest BCUT2D eigenvalue weighted by atomic mass is 19.4. The summed E-state index contributed by atoms with van der Waals surface area (Å²) in [7, 11) is 0. The van der Waals surface area contributed by atoms with E-state index in [0.717, 1.165) is 18.2 Å². The number of likely N-dealkylation sites (N-methyl/N-ethyl adjacent to an activating group) is 1. The number of likely N-dealkylation sites (tertiary alicyclic amines) is 1. The molecule has 0 aromatic heterocycles. The molecule has 1 aliphatic heterocycles. The number of benzene rings is 2. The Morgan fingerprint density at radius 3 is 2.47 bits per heavy atom. The molecule has 3 N–H and O–H groups in total. The van der Waals surface area contributed by atoms with E-state index >= 15 is 0 Å². The van der Waals surface area contributed by atoms with Gasteiger partial charge in [0.15, 0.2) is 0 Å². The summed E-state index contributed by atoms with van der Waals surface area (Å²) in [5.74, 6) is -0.788. The van der Waals surface area contributed by atoms with Gasteiger partial charge in [-0.1, -0.05) is 24.3 Å². The van der Waals surface area contributed by atoms with Gasteiger partial charge in [-0.05, 0) is 44.2 Å². The molecule has 2 aromatic carbocycles. The summed E-state index contributed by atoms with van der Waals surface area (Å²) in [5.41, 5.74) is 6.60. The number of para-hydroxylation sites is 1. The number of aliphatic imine (C=N–C) groups is 1. The quantitative estimate of drug-likeness (QED) is 0.747. The maximum atomic E-state index is 13.1. The zero-order valence-electron chi connectivity index (χ0n) is 17.6. The van der Waals surface area contributed by atoms with Crippen LogP contribution in [0, 0.1) is 0 Å². The number of nitrogens with two attached hydrogens (primary N) is 1. The van der Waals surface area contributed by atoms with Crippen LogP contribution in [0.3, 0.4) is 0 Å². The fourth-order valence-corrected chi connectivity index (χ4v) is 3.42. The maximum absolute atomic E-state index is 13.1. The Labute approximate surface area is 183 Å². The van der Waals surface area contributed by atoms with Gasteiger partial charge in [0.2, 0.25) is 0 Å². The van der Waals surface area contributed by atoms with E-state index in [0.29, 0.717) is 22.8 Å². The van der Waals surface area contributed by atoms with E-state index in [-0.39, 0.29) is 18.5 Å². The lowest BCUT2D eigenvalue weighted by molar-refractivity contribution is -0.137. The van der Waals surface area contributed by atoms with Crippen molar-refractivity contribution in [3.05, 3.63) is 77.0 Å². The Kier molecular flexibility index (Phi) is 6.67. The van der Waals surface area contributed by atoms with Gasteiger partial charge in [-0.15, -0.1) is 0 Å². The molecule has 1 saturated heterocycles. The Hall–Kier alpha value is -3.62. The summed E-state index contributed by atoms with van der Waals surface area (Å²) >= 11 is 0. The summed E-state index contributed by atoms with van der Waals surface area (Å²) in [6, 6.07) is 12.1. The molecule has 1 heterocycles. The summed E-state index contributed by atoms with van der Waals surface area (Å²) in [4.78, 5) is 31.8. The van der Waals surface area contributed by atoms with Crippen molar-refractivity contribution >= 4 is 23.3 Å². The number of amidine groups is 1. The lowest BCUT2D eigenvalue weighted by Gasteiger charge is -2.35. The molecule has 1 aliphatic rings. The number of allylic oxidation sites excluding steroid dienone is 1. The first-order valence-electron chi connectivity index (χ1n) is 10.0. The molecule has 0 bridgehead atoms. The number of carbonyl (C=O) groups excluding carboxylic acids is 2. The lowest BCUT2D eigenvalue weighted by Crippen LogP contribution is -2.55. The van der Waals surface area contributed by atoms with E-state index in [1.807, 2.05) is 18.2 Å². The van der Waals surface area contributed by atoms with Crippen LogP contribution in [0.15, 0.2) is 70.9 Å². The van der Waals surface area contributed by atoms with Gasteiger partial charge in [0, 0.05) is 29.8 Å². The summed E-state index contributed by atoms with van der Waals surface area (Å²) in [6.07, 6.45) is -4.50. The van der Waals surface area contributed by atoms with Gasteiger partial charge in [0.1, 0.15) is 11.9 Å². The molecule has 9 heteroatoms. The molecule has 168 valence electrons. The fourth-order valence-electron chi connectivity index (χ4n) is 3.42. The van der Waals surface area contributed by atoms with Crippen molar-refractivity contribution in [1.82, 2.24) is 10.2 Å². The standard InChI is InChI=1S/C23H23F3N4O2/c1-3-30-20(28-17-10-5-4-6-11-17)18(14(2)27)13-19(22(30)32)29-21(31)15-8-7-9-16(12-15)23(24,25)26/h4-12,19H,3,13,27H2,1-2H3,(H,29,31)/b18-14-,28-20?. The number of piperidine rings is 1. The molecule has 2 aromatic rings. The van der Waals surface area contributed by atoms with Crippen molar-refractivity contribution in [2.24, 2.45) is 10.7 Å². The molecule has 3 rings (SSSR count). The zero-order chi connectivity index (χ0) is 23.5. The average Bonchev–Trinajstić information content (AvgIpc) is 2.75. The topological polar surface area (TPSA) is 87.8 Å². The number of alkyl halides is 3. The summed E-state index contributed by atoms with van der Waals surface area (Å²) in [6.45, 7) is 3.71. The van der Waals surface area contributed by atoms with Crippen LogP contribution < -0.4 is 11.1 Å². The van der Waals surface area contributed by atoms with E-state index in [1.165, 1.54) is 11.0 Å². The van der Waals surface area contributed by atoms with E-state index < -0.39 is 29.6 Å². The van der Waals surface area contributed by atoms with Crippen molar-refractivity contribution in [3.63, 3.8) is 0 Å². The Morgan fingerprint density at radius 1 is 1.19 bits per heavy atom. The molecule has 2 amide bonds. The van der Waals surface area contributed by atoms with Gasteiger partial charge < -0.3 is 11.1 Å². The van der Waals surface area contributed by atoms with Crippen LogP contribution in [0.2, 0.25) is 0 Å². The summed E-state index contributed by atoms with van der Waals surface area (Å²) in [5, 5.41) is 2.55. The third-order valence-electron chi connectivity index (χ3n) is 5.04. The zero-order valence-corrected chi connectivity index (χ0v) is 17.6. The first-order chi connectivity index (χ1) is 15.1. The highest BCUT2D eigenvalue weighted by molar-refractivity contribution is 6.14. The number of amides is 2. The van der Waals surface area contributed by atoms with Crippen molar-refractivity contribution < 1.29 is 22.8 Å². The average molecular weight is 444 g/mol. The minimum Gasteiger partial charge on any atom is -0.402 e. The number of halogens is 3. The van der Waals surface area contributed by atoms with Gasteiger partial charge in [-0.25, -0.2) is 4.99 Å². The van der Waals surface area contributed by atoms with E-state index in [2.05, 4.69) is 10.3 Å². The predicted octanol–water partition coefficient (Wildman–Crippen LogP) is 4.02. The molecule has 0 spiro atoms. The van der Waals surface area contributed by atoms with Crippen LogP contribution in [0.25, 0.3) is 0 Å². The third kappa shape index (κ3) is 4.99.